The molecule has 3 rings (SSSR count). The van der Waals surface area contributed by atoms with Crippen molar-refractivity contribution < 1.29 is 17.6 Å². The number of hydrogen-bond donors (Lipinski definition) is 2. The highest BCUT2D eigenvalue weighted by Crippen LogP contribution is 2.32. The van der Waals surface area contributed by atoms with Gasteiger partial charge in [-0.25, -0.2) is 17.5 Å². The van der Waals surface area contributed by atoms with E-state index in [0.717, 1.165) is 25.9 Å². The Kier molecular flexibility index (Phi) is 6.34. The summed E-state index contributed by atoms with van der Waals surface area (Å²) in [4.78, 5) is 13.2. The van der Waals surface area contributed by atoms with Crippen molar-refractivity contribution in [2.45, 2.75) is 23.8 Å². The molecule has 1 fully saturated rings. The van der Waals surface area contributed by atoms with Crippen molar-refractivity contribution in [3.8, 4) is 0 Å². The summed E-state index contributed by atoms with van der Waals surface area (Å²) in [6, 6.07) is 9.24. The van der Waals surface area contributed by atoms with Gasteiger partial charge in [0.15, 0.2) is 0 Å². The number of hydrogen-bond acceptors (Lipinski definition) is 4. The van der Waals surface area contributed by atoms with Gasteiger partial charge in [-0.1, -0.05) is 17.7 Å². The third-order valence-corrected chi connectivity index (χ3v) is 6.60. The summed E-state index contributed by atoms with van der Waals surface area (Å²) in [5.74, 6) is -1.10. The number of nitrogens with zero attached hydrogens (tertiary/aromatic N) is 1. The Labute approximate surface area is 168 Å². The lowest BCUT2D eigenvalue weighted by Gasteiger charge is -2.29. The fraction of sp³-hybridized carbons (Fsp3) is 0.316. The zero-order valence-corrected chi connectivity index (χ0v) is 16.6. The van der Waals surface area contributed by atoms with Crippen LogP contribution in [-0.2, 0) is 10.0 Å². The van der Waals surface area contributed by atoms with E-state index in [1.807, 2.05) is 4.90 Å². The molecule has 28 heavy (non-hydrogen) atoms. The van der Waals surface area contributed by atoms with Crippen LogP contribution in [0.25, 0.3) is 0 Å². The van der Waals surface area contributed by atoms with Gasteiger partial charge in [-0.15, -0.1) is 0 Å². The van der Waals surface area contributed by atoms with Gasteiger partial charge in [-0.05, 0) is 62.3 Å². The fourth-order valence-electron chi connectivity index (χ4n) is 3.37. The summed E-state index contributed by atoms with van der Waals surface area (Å²) >= 11 is 6.23. The molecule has 2 aromatic carbocycles. The molecule has 0 saturated carbocycles. The number of nitrogens with two attached hydrogens (primary N) is 1. The normalized spacial score (nSPS) is 16.2. The zero-order chi connectivity index (χ0) is 20.3. The van der Waals surface area contributed by atoms with Crippen molar-refractivity contribution in [2.24, 2.45) is 5.73 Å². The van der Waals surface area contributed by atoms with Crippen molar-refractivity contribution in [1.82, 2.24) is 9.62 Å². The highest BCUT2D eigenvalue weighted by molar-refractivity contribution is 7.89. The summed E-state index contributed by atoms with van der Waals surface area (Å²) < 4.78 is 42.4. The predicted molar refractivity (Wildman–Crippen MR) is 105 cm³/mol. The first-order chi connectivity index (χ1) is 13.3. The summed E-state index contributed by atoms with van der Waals surface area (Å²) in [5.41, 5.74) is 5.68. The third kappa shape index (κ3) is 4.52. The predicted octanol–water partition coefficient (Wildman–Crippen LogP) is 2.69. The molecule has 6 nitrogen and oxygen atoms in total. The number of rotatable bonds is 7. The first-order valence-corrected chi connectivity index (χ1v) is 10.7. The van der Waals surface area contributed by atoms with E-state index in [2.05, 4.69) is 4.72 Å². The molecule has 150 valence electrons. The summed E-state index contributed by atoms with van der Waals surface area (Å²) in [5, 5.41) is 0.266. The average molecular weight is 426 g/mol. The summed E-state index contributed by atoms with van der Waals surface area (Å²) in [6.45, 7) is 1.45. The van der Waals surface area contributed by atoms with Gasteiger partial charge < -0.3 is 5.73 Å². The van der Waals surface area contributed by atoms with Crippen LogP contribution in [0.5, 0.6) is 0 Å². The minimum absolute atomic E-state index is 0.00250. The molecule has 0 aromatic heterocycles. The Balaban J connectivity index is 1.84. The number of carbonyl (C=O) groups is 1. The van der Waals surface area contributed by atoms with Gasteiger partial charge in [0.25, 0.3) is 0 Å². The molecular formula is C19H21ClFN3O3S. The van der Waals surface area contributed by atoms with Gasteiger partial charge in [-0.3, -0.25) is 9.69 Å². The van der Waals surface area contributed by atoms with Crippen molar-refractivity contribution in [2.75, 3.05) is 19.6 Å². The van der Waals surface area contributed by atoms with E-state index in [1.165, 1.54) is 36.4 Å². The Bertz CT molecular complexity index is 941. The quantitative estimate of drug-likeness (QED) is 0.713. The number of nitrogens with one attached hydrogen (secondary N) is 1. The first-order valence-electron chi connectivity index (χ1n) is 8.87. The van der Waals surface area contributed by atoms with E-state index in [-0.39, 0.29) is 27.6 Å². The van der Waals surface area contributed by atoms with Crippen LogP contribution in [0.1, 0.15) is 34.8 Å². The van der Waals surface area contributed by atoms with Gasteiger partial charge in [0, 0.05) is 22.7 Å². The van der Waals surface area contributed by atoms with Crippen LogP contribution in [-0.4, -0.2) is 38.9 Å². The molecule has 2 aromatic rings. The lowest BCUT2D eigenvalue weighted by molar-refractivity contribution is 0.1000. The van der Waals surface area contributed by atoms with Gasteiger partial charge in [0.2, 0.25) is 15.9 Å². The van der Waals surface area contributed by atoms with Gasteiger partial charge in [0.1, 0.15) is 5.82 Å². The van der Waals surface area contributed by atoms with E-state index in [9.17, 15) is 17.6 Å². The molecule has 9 heteroatoms. The zero-order valence-electron chi connectivity index (χ0n) is 15.1. The first kappa shape index (κ1) is 20.7. The molecule has 1 heterocycles. The molecular weight excluding hydrogens is 405 g/mol. The van der Waals surface area contributed by atoms with E-state index in [4.69, 9.17) is 17.3 Å². The average Bonchev–Trinajstić information content (AvgIpc) is 3.18. The van der Waals surface area contributed by atoms with Crippen molar-refractivity contribution in [3.63, 3.8) is 0 Å². The van der Waals surface area contributed by atoms with Gasteiger partial charge in [0.05, 0.1) is 10.9 Å². The maximum Gasteiger partial charge on any atom is 0.248 e. The molecule has 0 bridgehead atoms. The van der Waals surface area contributed by atoms with Crippen LogP contribution in [0.4, 0.5) is 4.39 Å². The lowest BCUT2D eigenvalue weighted by Crippen LogP contribution is -2.37. The van der Waals surface area contributed by atoms with Crippen LogP contribution in [0.2, 0.25) is 5.02 Å². The minimum Gasteiger partial charge on any atom is -0.366 e. The number of benzene rings is 2. The molecule has 1 atom stereocenters. The van der Waals surface area contributed by atoms with Crippen LogP contribution in [0.15, 0.2) is 47.4 Å². The number of likely N-dealkylation sites (tertiary alicyclic amines) is 1. The van der Waals surface area contributed by atoms with Crippen LogP contribution in [0, 0.1) is 5.82 Å². The third-order valence-electron chi connectivity index (χ3n) is 4.83. The van der Waals surface area contributed by atoms with Crippen molar-refractivity contribution >= 4 is 27.5 Å². The molecule has 0 spiro atoms. The number of sulfonamides is 1. The lowest BCUT2D eigenvalue weighted by atomic mass is 10.0. The molecule has 1 saturated heterocycles. The van der Waals surface area contributed by atoms with E-state index < -0.39 is 27.8 Å². The largest absolute Gasteiger partial charge is 0.366 e. The monoisotopic (exact) mass is 425 g/mol. The number of carbonyl (C=O) groups excluding carboxylic acids is 1. The highest BCUT2D eigenvalue weighted by Gasteiger charge is 2.29. The molecule has 1 aliphatic heterocycles. The molecule has 0 aliphatic carbocycles. The SMILES string of the molecule is NC(=O)c1ccc(S(=O)(=O)NCC(c2c(F)cccc2Cl)N2CCCC2)cc1. The fourth-order valence-corrected chi connectivity index (χ4v) is 4.69. The van der Waals surface area contributed by atoms with Crippen LogP contribution in [0.3, 0.4) is 0 Å². The van der Waals surface area contributed by atoms with E-state index in [0.29, 0.717) is 0 Å². The maximum atomic E-state index is 14.5. The second-order valence-electron chi connectivity index (χ2n) is 6.63. The van der Waals surface area contributed by atoms with E-state index in [1.54, 1.807) is 6.07 Å². The summed E-state index contributed by atoms with van der Waals surface area (Å²) in [7, 11) is -3.86. The topological polar surface area (TPSA) is 92.5 Å². The minimum atomic E-state index is -3.86. The Morgan fingerprint density at radius 3 is 2.39 bits per heavy atom. The molecule has 3 N–H and O–H groups in total. The second-order valence-corrected chi connectivity index (χ2v) is 8.81. The Morgan fingerprint density at radius 2 is 1.82 bits per heavy atom. The van der Waals surface area contributed by atoms with E-state index >= 15 is 0 Å². The van der Waals surface area contributed by atoms with Crippen LogP contribution < -0.4 is 10.5 Å². The Morgan fingerprint density at radius 1 is 1.18 bits per heavy atom. The smallest absolute Gasteiger partial charge is 0.248 e. The molecule has 1 amide bonds. The molecule has 1 aliphatic rings. The second kappa shape index (κ2) is 8.57. The summed E-state index contributed by atoms with van der Waals surface area (Å²) in [6.07, 6.45) is 1.92. The molecule has 1 unspecified atom stereocenters. The standard InChI is InChI=1S/C19H21ClFN3O3S/c20-15-4-3-5-16(21)18(15)17(24-10-1-2-11-24)12-23-28(26,27)14-8-6-13(7-9-14)19(22)25/h3-9,17,23H,1-2,10-12H2,(H2,22,25). The number of amides is 1. The van der Waals surface area contributed by atoms with Crippen molar-refractivity contribution in [3.05, 3.63) is 64.4 Å². The number of primary amides is 1. The Hall–Kier alpha value is -2.00. The van der Waals surface area contributed by atoms with Crippen molar-refractivity contribution in [1.29, 1.82) is 0 Å². The van der Waals surface area contributed by atoms with Gasteiger partial charge in [-0.2, -0.15) is 0 Å². The van der Waals surface area contributed by atoms with Gasteiger partial charge >= 0.3 is 0 Å². The van der Waals surface area contributed by atoms with Crippen LogP contribution >= 0.6 is 11.6 Å². The highest BCUT2D eigenvalue weighted by atomic mass is 35.5. The maximum absolute atomic E-state index is 14.5. The molecule has 0 radical (unpaired) electrons. The number of halogens is 2.